The monoisotopic (exact) mass is 224 g/mol. The van der Waals surface area contributed by atoms with Crippen molar-refractivity contribution in [3.8, 4) is 0 Å². The summed E-state index contributed by atoms with van der Waals surface area (Å²) in [7, 11) is 0. The maximum atomic E-state index is 10.4. The smallest absolute Gasteiger partial charge is 0.302 e. The molecule has 92 valence electrons. The molecule has 0 N–H and O–H groups in total. The Morgan fingerprint density at radius 3 is 2.25 bits per heavy atom. The van der Waals surface area contributed by atoms with Gasteiger partial charge in [-0.2, -0.15) is 0 Å². The summed E-state index contributed by atoms with van der Waals surface area (Å²) in [6.07, 6.45) is 15.6. The van der Waals surface area contributed by atoms with Gasteiger partial charge in [-0.15, -0.1) is 0 Å². The summed E-state index contributed by atoms with van der Waals surface area (Å²) in [5, 5.41) is 0. The zero-order valence-electron chi connectivity index (χ0n) is 10.6. The summed E-state index contributed by atoms with van der Waals surface area (Å²) >= 11 is 0. The Morgan fingerprint density at radius 2 is 1.62 bits per heavy atom. The molecule has 0 aromatic heterocycles. The largest absolute Gasteiger partial charge is 0.462 e. The molecule has 0 spiro atoms. The van der Waals surface area contributed by atoms with Crippen molar-refractivity contribution >= 4 is 5.97 Å². The lowest BCUT2D eigenvalue weighted by molar-refractivity contribution is -0.139. The zero-order valence-corrected chi connectivity index (χ0v) is 10.6. The van der Waals surface area contributed by atoms with Crippen LogP contribution in [-0.2, 0) is 9.53 Å². The lowest BCUT2D eigenvalue weighted by Gasteiger charge is -1.94. The first-order chi connectivity index (χ1) is 7.77. The van der Waals surface area contributed by atoms with E-state index in [4.69, 9.17) is 4.74 Å². The fourth-order valence-electron chi connectivity index (χ4n) is 1.29. The number of carbonyl (C=O) groups is 1. The second kappa shape index (κ2) is 12.0. The van der Waals surface area contributed by atoms with E-state index in [-0.39, 0.29) is 5.97 Å². The van der Waals surface area contributed by atoms with E-state index in [0.717, 1.165) is 12.8 Å². The lowest BCUT2D eigenvalue weighted by atomic mass is 10.2. The molecular formula is C14H24O2. The van der Waals surface area contributed by atoms with Crippen LogP contribution in [0.1, 0.15) is 52.4 Å². The van der Waals surface area contributed by atoms with Crippen molar-refractivity contribution in [3.63, 3.8) is 0 Å². The fourth-order valence-corrected chi connectivity index (χ4v) is 1.29. The summed E-state index contributed by atoms with van der Waals surface area (Å²) in [6.45, 7) is 4.04. The first-order valence-corrected chi connectivity index (χ1v) is 6.20. The average molecular weight is 224 g/mol. The molecule has 16 heavy (non-hydrogen) atoms. The molecule has 0 amide bonds. The van der Waals surface area contributed by atoms with Crippen LogP contribution in [0.25, 0.3) is 0 Å². The Labute approximate surface area is 99.4 Å². The van der Waals surface area contributed by atoms with Gasteiger partial charge in [-0.3, -0.25) is 4.79 Å². The van der Waals surface area contributed by atoms with Crippen molar-refractivity contribution < 1.29 is 9.53 Å². The Bertz CT molecular complexity index is 217. The highest BCUT2D eigenvalue weighted by Crippen LogP contribution is 2.01. The molecule has 0 fully saturated rings. The molecular weight excluding hydrogens is 200 g/mol. The molecule has 0 aromatic carbocycles. The van der Waals surface area contributed by atoms with Gasteiger partial charge in [0.15, 0.2) is 0 Å². The number of rotatable bonds is 9. The molecule has 0 rings (SSSR count). The predicted molar refractivity (Wildman–Crippen MR) is 68.3 cm³/mol. The Kier molecular flexibility index (Phi) is 11.2. The van der Waals surface area contributed by atoms with Crippen molar-refractivity contribution in [1.29, 1.82) is 0 Å². The molecule has 0 unspecified atom stereocenters. The number of ether oxygens (including phenoxy) is 1. The summed E-state index contributed by atoms with van der Waals surface area (Å²) in [5.41, 5.74) is 0. The summed E-state index contributed by atoms with van der Waals surface area (Å²) in [4.78, 5) is 10.4. The minimum Gasteiger partial charge on any atom is -0.462 e. The third-order valence-corrected chi connectivity index (χ3v) is 2.19. The Morgan fingerprint density at radius 1 is 1.00 bits per heavy atom. The van der Waals surface area contributed by atoms with Crippen molar-refractivity contribution in [3.05, 3.63) is 24.3 Å². The number of hydrogen-bond donors (Lipinski definition) is 0. The molecule has 0 saturated heterocycles. The maximum absolute atomic E-state index is 10.4. The van der Waals surface area contributed by atoms with Crippen molar-refractivity contribution in [2.24, 2.45) is 0 Å². The summed E-state index contributed by atoms with van der Waals surface area (Å²) in [6, 6.07) is 0. The van der Waals surface area contributed by atoms with Crippen LogP contribution in [0, 0.1) is 0 Å². The van der Waals surface area contributed by atoms with Gasteiger partial charge in [0, 0.05) is 6.92 Å². The molecule has 2 nitrogen and oxygen atoms in total. The summed E-state index contributed by atoms with van der Waals surface area (Å²) in [5.74, 6) is -0.222. The van der Waals surface area contributed by atoms with E-state index in [1.807, 2.05) is 6.08 Å². The molecule has 2 heteroatoms. The highest BCUT2D eigenvalue weighted by Gasteiger charge is 1.86. The molecule has 0 aliphatic heterocycles. The minimum atomic E-state index is -0.222. The number of esters is 1. The van der Waals surface area contributed by atoms with Gasteiger partial charge < -0.3 is 4.74 Å². The van der Waals surface area contributed by atoms with Gasteiger partial charge in [0.1, 0.15) is 6.61 Å². The second-order valence-electron chi connectivity index (χ2n) is 3.82. The van der Waals surface area contributed by atoms with Gasteiger partial charge in [0.2, 0.25) is 0 Å². The van der Waals surface area contributed by atoms with Gasteiger partial charge in [-0.25, -0.2) is 0 Å². The summed E-state index contributed by atoms with van der Waals surface area (Å²) < 4.78 is 4.77. The molecule has 0 bridgehead atoms. The van der Waals surface area contributed by atoms with Crippen molar-refractivity contribution in [2.45, 2.75) is 52.4 Å². The zero-order chi connectivity index (χ0) is 12.1. The van der Waals surface area contributed by atoms with Crippen LogP contribution in [0.3, 0.4) is 0 Å². The third kappa shape index (κ3) is 12.9. The van der Waals surface area contributed by atoms with Crippen molar-refractivity contribution in [2.75, 3.05) is 6.61 Å². The van der Waals surface area contributed by atoms with Gasteiger partial charge in [0.25, 0.3) is 0 Å². The SMILES string of the molecule is CCCCCC=CCCC=CCOC(C)=O. The highest BCUT2D eigenvalue weighted by atomic mass is 16.5. The van der Waals surface area contributed by atoms with Gasteiger partial charge >= 0.3 is 5.97 Å². The quantitative estimate of drug-likeness (QED) is 0.336. The van der Waals surface area contributed by atoms with Gasteiger partial charge in [-0.05, 0) is 25.7 Å². The molecule has 0 aliphatic carbocycles. The van der Waals surface area contributed by atoms with Crippen LogP contribution in [0.4, 0.5) is 0 Å². The first kappa shape index (κ1) is 14.9. The number of carbonyl (C=O) groups excluding carboxylic acids is 1. The van der Waals surface area contributed by atoms with Crippen LogP contribution in [0.5, 0.6) is 0 Å². The molecule has 0 radical (unpaired) electrons. The van der Waals surface area contributed by atoms with E-state index in [1.54, 1.807) is 0 Å². The highest BCUT2D eigenvalue weighted by molar-refractivity contribution is 5.65. The van der Waals surface area contributed by atoms with Crippen LogP contribution >= 0.6 is 0 Å². The molecule has 0 aliphatic rings. The average Bonchev–Trinajstić information content (AvgIpc) is 2.25. The standard InChI is InChI=1S/C14H24O2/c1-3-4-5-6-7-8-9-10-11-12-13-16-14(2)15/h7-8,11-12H,3-6,9-10,13H2,1-2H3. The van der Waals surface area contributed by atoms with Gasteiger partial charge in [0.05, 0.1) is 0 Å². The molecule has 0 saturated carbocycles. The van der Waals surface area contributed by atoms with E-state index in [0.29, 0.717) is 6.61 Å². The number of allylic oxidation sites excluding steroid dienone is 3. The van der Waals surface area contributed by atoms with Crippen LogP contribution < -0.4 is 0 Å². The maximum Gasteiger partial charge on any atom is 0.302 e. The van der Waals surface area contributed by atoms with E-state index in [1.165, 1.54) is 32.6 Å². The minimum absolute atomic E-state index is 0.222. The molecule has 0 heterocycles. The van der Waals surface area contributed by atoms with Crippen LogP contribution in [0.2, 0.25) is 0 Å². The normalized spacial score (nSPS) is 11.4. The van der Waals surface area contributed by atoms with Crippen LogP contribution in [-0.4, -0.2) is 12.6 Å². The predicted octanol–water partition coefficient (Wildman–Crippen LogP) is 4.02. The first-order valence-electron chi connectivity index (χ1n) is 6.20. The topological polar surface area (TPSA) is 26.3 Å². The molecule has 0 aromatic rings. The lowest BCUT2D eigenvalue weighted by Crippen LogP contribution is -1.97. The van der Waals surface area contributed by atoms with Gasteiger partial charge in [-0.1, -0.05) is 44.1 Å². The van der Waals surface area contributed by atoms with Crippen molar-refractivity contribution in [1.82, 2.24) is 0 Å². The number of hydrogen-bond acceptors (Lipinski definition) is 2. The Hall–Kier alpha value is -1.05. The van der Waals surface area contributed by atoms with E-state index < -0.39 is 0 Å². The van der Waals surface area contributed by atoms with E-state index >= 15 is 0 Å². The third-order valence-electron chi connectivity index (χ3n) is 2.19. The molecule has 0 atom stereocenters. The van der Waals surface area contributed by atoms with E-state index in [2.05, 4.69) is 25.2 Å². The second-order valence-corrected chi connectivity index (χ2v) is 3.82. The van der Waals surface area contributed by atoms with E-state index in [9.17, 15) is 4.79 Å². The fraction of sp³-hybridized carbons (Fsp3) is 0.643. The number of unbranched alkanes of at least 4 members (excludes halogenated alkanes) is 4. The Balaban J connectivity index is 3.22. The van der Waals surface area contributed by atoms with Crippen LogP contribution in [0.15, 0.2) is 24.3 Å².